The molecule has 0 bridgehead atoms. The van der Waals surface area contributed by atoms with Crippen molar-refractivity contribution in [3.05, 3.63) is 66.3 Å². The first-order valence-electron chi connectivity index (χ1n) is 12.4. The van der Waals surface area contributed by atoms with E-state index < -0.39 is 32.1 Å². The zero-order valence-corrected chi connectivity index (χ0v) is 22.5. The molecule has 0 saturated carbocycles. The summed E-state index contributed by atoms with van der Waals surface area (Å²) in [6.07, 6.45) is 4.95. The van der Waals surface area contributed by atoms with Gasteiger partial charge in [0.1, 0.15) is 22.9 Å². The average molecular weight is 572 g/mol. The number of piperazine rings is 1. The van der Waals surface area contributed by atoms with Gasteiger partial charge in [0.2, 0.25) is 21.8 Å². The van der Waals surface area contributed by atoms with Crippen molar-refractivity contribution in [2.24, 2.45) is 5.14 Å². The van der Waals surface area contributed by atoms with Crippen LogP contribution in [0.1, 0.15) is 11.3 Å². The van der Waals surface area contributed by atoms with Gasteiger partial charge in [0, 0.05) is 51.3 Å². The molecule has 3 aromatic rings. The molecule has 2 N–H and O–H groups in total. The first kappa shape index (κ1) is 27.4. The largest absolute Gasteiger partial charge is 0.481 e. The summed E-state index contributed by atoms with van der Waals surface area (Å²) < 4.78 is 59.3. The fourth-order valence-corrected chi connectivity index (χ4v) is 5.65. The number of benzene rings is 1. The van der Waals surface area contributed by atoms with E-state index in [1.165, 1.54) is 31.8 Å². The lowest BCUT2D eigenvalue weighted by Crippen LogP contribution is -2.49. The maximum atomic E-state index is 15.3. The second-order valence-corrected chi connectivity index (χ2v) is 10.9. The number of halogens is 2. The Bertz CT molecular complexity index is 1590. The van der Waals surface area contributed by atoms with Crippen LogP contribution in [0, 0.1) is 11.6 Å². The van der Waals surface area contributed by atoms with Crippen molar-refractivity contribution in [2.75, 3.05) is 49.6 Å². The van der Waals surface area contributed by atoms with Crippen LogP contribution in [0.2, 0.25) is 0 Å². The average Bonchev–Trinajstić information content (AvgIpc) is 2.95. The van der Waals surface area contributed by atoms with E-state index in [1.807, 2.05) is 4.90 Å². The normalized spacial score (nSPS) is 15.6. The van der Waals surface area contributed by atoms with Crippen LogP contribution in [0.4, 0.5) is 20.3 Å². The molecule has 5 rings (SSSR count). The second-order valence-electron chi connectivity index (χ2n) is 9.34. The van der Waals surface area contributed by atoms with Gasteiger partial charge in [-0.3, -0.25) is 4.79 Å². The Balaban J connectivity index is 1.48. The van der Waals surface area contributed by atoms with Crippen molar-refractivity contribution < 1.29 is 26.7 Å². The molecule has 2 aromatic heterocycles. The number of aromatic nitrogens is 3. The molecule has 14 heteroatoms. The zero-order chi connectivity index (χ0) is 28.6. The number of amides is 1. The van der Waals surface area contributed by atoms with Gasteiger partial charge in [-0.05, 0) is 24.3 Å². The van der Waals surface area contributed by atoms with Crippen molar-refractivity contribution in [2.45, 2.75) is 17.9 Å². The van der Waals surface area contributed by atoms with E-state index in [9.17, 15) is 17.6 Å². The molecule has 2 aliphatic heterocycles. The number of ether oxygens (including phenoxy) is 1. The van der Waals surface area contributed by atoms with Gasteiger partial charge in [-0.1, -0.05) is 6.58 Å². The van der Waals surface area contributed by atoms with Gasteiger partial charge in [-0.15, -0.1) is 0 Å². The summed E-state index contributed by atoms with van der Waals surface area (Å²) in [6, 6.07) is 3.13. The number of anilines is 2. The van der Waals surface area contributed by atoms with Crippen molar-refractivity contribution in [3.8, 4) is 17.0 Å². The van der Waals surface area contributed by atoms with Gasteiger partial charge in [-0.2, -0.15) is 0 Å². The standard InChI is InChI=1S/C26H27F2N7O4S/c1-3-22(36)33-8-10-34(11-9-33)25-18-14-35(7-6-20(18)31-15-32-25)16-12-17(26(39-2)30-13-16)23-19(27)4-5-21(24(23)28)40(29,37)38/h3-5,12-13,15H,1,6-11,14H2,2H3,(H2,29,37,38). The van der Waals surface area contributed by atoms with Crippen LogP contribution >= 0.6 is 0 Å². The highest BCUT2D eigenvalue weighted by atomic mass is 32.2. The smallest absolute Gasteiger partial charge is 0.246 e. The molecular weight excluding hydrogens is 544 g/mol. The van der Waals surface area contributed by atoms with Gasteiger partial charge in [-0.25, -0.2) is 37.3 Å². The van der Waals surface area contributed by atoms with Crippen LogP contribution in [0.5, 0.6) is 5.88 Å². The van der Waals surface area contributed by atoms with E-state index in [2.05, 4.69) is 26.4 Å². The van der Waals surface area contributed by atoms with Crippen LogP contribution in [-0.4, -0.2) is 74.0 Å². The number of fused-ring (bicyclic) bond motifs is 1. The van der Waals surface area contributed by atoms with E-state index in [-0.39, 0.29) is 17.4 Å². The highest BCUT2D eigenvalue weighted by Gasteiger charge is 2.29. The molecule has 11 nitrogen and oxygen atoms in total. The Labute approximate surface area is 230 Å². The number of methoxy groups -OCH3 is 1. The minimum Gasteiger partial charge on any atom is -0.481 e. The van der Waals surface area contributed by atoms with Crippen molar-refractivity contribution >= 4 is 27.4 Å². The van der Waals surface area contributed by atoms with E-state index in [4.69, 9.17) is 9.88 Å². The summed E-state index contributed by atoms with van der Waals surface area (Å²) in [5.74, 6) is -1.74. The van der Waals surface area contributed by atoms with Crippen LogP contribution in [0.3, 0.4) is 0 Å². The minimum absolute atomic E-state index is 0.0566. The first-order valence-corrected chi connectivity index (χ1v) is 14.0. The molecule has 1 fully saturated rings. The molecular formula is C26H27F2N7O4S. The van der Waals surface area contributed by atoms with E-state index in [0.717, 1.165) is 29.2 Å². The number of nitrogens with zero attached hydrogens (tertiary/aromatic N) is 6. The summed E-state index contributed by atoms with van der Waals surface area (Å²) in [4.78, 5) is 30.2. The number of pyridine rings is 1. The van der Waals surface area contributed by atoms with Crippen LogP contribution in [0.15, 0.2) is 48.3 Å². The Morgan fingerprint density at radius 3 is 2.52 bits per heavy atom. The number of nitrogens with two attached hydrogens (primary N) is 1. The van der Waals surface area contributed by atoms with Crippen LogP contribution in [0.25, 0.3) is 11.1 Å². The molecule has 0 aliphatic carbocycles. The Kier molecular flexibility index (Phi) is 7.38. The minimum atomic E-state index is -4.45. The maximum Gasteiger partial charge on any atom is 0.246 e. The molecule has 2 aliphatic rings. The Hall–Kier alpha value is -4.17. The fraction of sp³-hybridized carbons (Fsp3) is 0.308. The number of hydrogen-bond donors (Lipinski definition) is 1. The molecule has 40 heavy (non-hydrogen) atoms. The summed E-state index contributed by atoms with van der Waals surface area (Å²) in [5, 5.41) is 5.14. The third kappa shape index (κ3) is 5.07. The number of primary sulfonamides is 1. The molecule has 0 atom stereocenters. The number of sulfonamides is 1. The molecule has 1 amide bonds. The van der Waals surface area contributed by atoms with Crippen LogP contribution < -0.4 is 19.7 Å². The monoisotopic (exact) mass is 571 g/mol. The third-order valence-electron chi connectivity index (χ3n) is 7.07. The number of carbonyl (C=O) groups is 1. The molecule has 210 valence electrons. The first-order chi connectivity index (χ1) is 19.1. The fourth-order valence-electron chi connectivity index (χ4n) is 5.04. The lowest BCUT2D eigenvalue weighted by molar-refractivity contribution is -0.126. The predicted molar refractivity (Wildman–Crippen MR) is 143 cm³/mol. The van der Waals surface area contributed by atoms with Crippen molar-refractivity contribution in [3.63, 3.8) is 0 Å². The number of hydrogen-bond acceptors (Lipinski definition) is 9. The Morgan fingerprint density at radius 2 is 1.85 bits per heavy atom. The summed E-state index contributed by atoms with van der Waals surface area (Å²) in [6.45, 7) is 6.75. The topological polar surface area (TPSA) is 135 Å². The van der Waals surface area contributed by atoms with Crippen molar-refractivity contribution in [1.29, 1.82) is 0 Å². The number of rotatable bonds is 6. The lowest BCUT2D eigenvalue weighted by Gasteiger charge is -2.38. The SMILES string of the molecule is C=CC(=O)N1CCN(c2ncnc3c2CN(c2cnc(OC)c(-c4c(F)ccc(S(N)(=O)=O)c4F)c2)CC3)CC1. The molecule has 0 radical (unpaired) electrons. The highest BCUT2D eigenvalue weighted by Crippen LogP contribution is 2.38. The molecule has 0 spiro atoms. The highest BCUT2D eigenvalue weighted by molar-refractivity contribution is 7.89. The number of carbonyl (C=O) groups excluding carboxylic acids is 1. The second kappa shape index (κ2) is 10.8. The van der Waals surface area contributed by atoms with Gasteiger partial charge in [0.05, 0.1) is 35.8 Å². The molecule has 1 saturated heterocycles. The van der Waals surface area contributed by atoms with Gasteiger partial charge in [0.25, 0.3) is 0 Å². The molecule has 4 heterocycles. The van der Waals surface area contributed by atoms with E-state index in [0.29, 0.717) is 51.4 Å². The summed E-state index contributed by atoms with van der Waals surface area (Å²) >= 11 is 0. The molecule has 0 unspecified atom stereocenters. The molecule has 1 aromatic carbocycles. The van der Waals surface area contributed by atoms with Crippen LogP contribution in [-0.2, 0) is 27.8 Å². The third-order valence-corrected chi connectivity index (χ3v) is 8.00. The zero-order valence-electron chi connectivity index (χ0n) is 21.7. The quantitative estimate of drug-likeness (QED) is 0.440. The lowest BCUT2D eigenvalue weighted by atomic mass is 10.0. The van der Waals surface area contributed by atoms with Crippen molar-refractivity contribution in [1.82, 2.24) is 19.9 Å². The predicted octanol–water partition coefficient (Wildman–Crippen LogP) is 1.87. The van der Waals surface area contributed by atoms with E-state index >= 15 is 4.39 Å². The summed E-state index contributed by atoms with van der Waals surface area (Å²) in [7, 11) is -3.15. The maximum absolute atomic E-state index is 15.3. The van der Waals surface area contributed by atoms with E-state index in [1.54, 1.807) is 4.90 Å². The van der Waals surface area contributed by atoms with Gasteiger partial charge >= 0.3 is 0 Å². The van der Waals surface area contributed by atoms with Gasteiger partial charge < -0.3 is 19.4 Å². The summed E-state index contributed by atoms with van der Waals surface area (Å²) in [5.41, 5.74) is 1.68. The Morgan fingerprint density at radius 1 is 1.10 bits per heavy atom. The van der Waals surface area contributed by atoms with Gasteiger partial charge in [0.15, 0.2) is 5.82 Å².